The fourth-order valence-electron chi connectivity index (χ4n) is 5.86. The maximum Gasteiger partial charge on any atom is 0.306 e. The Kier molecular flexibility index (Phi) is 40.7. The van der Waals surface area contributed by atoms with E-state index in [1.165, 1.54) is 83.5 Å². The van der Waals surface area contributed by atoms with Crippen molar-refractivity contribution in [3.8, 4) is 0 Å². The SMILES string of the molecule is CC/C=C\C/C=C\C/C=C\C/C=C\CCC(=O)OC(COCCCCCCCCCCC/C=C\C/C=C\C/C=C\CCCCCCC)COP(=O)([O-])OCC[N+](C)(C)C. The van der Waals surface area contributed by atoms with Crippen molar-refractivity contribution in [1.82, 2.24) is 0 Å². The Hall–Kier alpha value is -2.32. The number of unbranched alkanes of at least 4 members (excludes halogenated alkanes) is 14. The van der Waals surface area contributed by atoms with Crippen LogP contribution in [0.3, 0.4) is 0 Å². The molecule has 340 valence electrons. The van der Waals surface area contributed by atoms with Gasteiger partial charge in [-0.15, -0.1) is 0 Å². The minimum absolute atomic E-state index is 0.00793. The summed E-state index contributed by atoms with van der Waals surface area (Å²) >= 11 is 0. The molecule has 0 bridgehead atoms. The van der Waals surface area contributed by atoms with Crippen LogP contribution in [0.1, 0.15) is 168 Å². The molecule has 0 aromatic rings. The number of ether oxygens (including phenoxy) is 2. The van der Waals surface area contributed by atoms with Gasteiger partial charge in [-0.25, -0.2) is 0 Å². The Morgan fingerprint density at radius 2 is 0.983 bits per heavy atom. The number of hydrogen-bond acceptors (Lipinski definition) is 7. The maximum atomic E-state index is 12.6. The maximum absolute atomic E-state index is 12.6. The van der Waals surface area contributed by atoms with Gasteiger partial charge in [0.2, 0.25) is 0 Å². The highest BCUT2D eigenvalue weighted by Crippen LogP contribution is 2.38. The number of rotatable bonds is 42. The van der Waals surface area contributed by atoms with Crippen LogP contribution in [0.2, 0.25) is 0 Å². The number of likely N-dealkylation sites (N-methyl/N-ethyl adjacent to an activating group) is 1. The molecule has 0 rings (SSSR count). The monoisotopic (exact) mass is 846 g/mol. The van der Waals surface area contributed by atoms with E-state index in [0.29, 0.717) is 24.1 Å². The number of nitrogens with zero attached hydrogens (tertiary/aromatic N) is 1. The second-order valence-corrected chi connectivity index (χ2v) is 17.8. The molecule has 0 heterocycles. The summed E-state index contributed by atoms with van der Waals surface area (Å²) in [5.74, 6) is -0.418. The molecule has 0 spiro atoms. The van der Waals surface area contributed by atoms with Crippen molar-refractivity contribution < 1.29 is 37.3 Å². The first-order valence-electron chi connectivity index (χ1n) is 23.3. The van der Waals surface area contributed by atoms with E-state index >= 15 is 0 Å². The molecule has 0 N–H and O–H groups in total. The van der Waals surface area contributed by atoms with E-state index < -0.39 is 19.9 Å². The zero-order valence-corrected chi connectivity index (χ0v) is 39.3. The molecule has 0 aromatic carbocycles. The van der Waals surface area contributed by atoms with Crippen molar-refractivity contribution in [2.75, 3.05) is 54.1 Å². The molecule has 8 nitrogen and oxygen atoms in total. The molecule has 0 aliphatic rings. The molecule has 0 radical (unpaired) electrons. The lowest BCUT2D eigenvalue weighted by Gasteiger charge is -2.28. The van der Waals surface area contributed by atoms with Crippen LogP contribution in [0.5, 0.6) is 0 Å². The third-order valence-electron chi connectivity index (χ3n) is 9.44. The van der Waals surface area contributed by atoms with Gasteiger partial charge >= 0.3 is 5.97 Å². The van der Waals surface area contributed by atoms with E-state index in [1.54, 1.807) is 0 Å². The van der Waals surface area contributed by atoms with Gasteiger partial charge < -0.3 is 27.9 Å². The largest absolute Gasteiger partial charge is 0.756 e. The summed E-state index contributed by atoms with van der Waals surface area (Å²) in [4.78, 5) is 25.0. The Morgan fingerprint density at radius 1 is 0.542 bits per heavy atom. The van der Waals surface area contributed by atoms with E-state index in [4.69, 9.17) is 18.5 Å². The van der Waals surface area contributed by atoms with E-state index in [1.807, 2.05) is 33.3 Å². The van der Waals surface area contributed by atoms with Crippen molar-refractivity contribution in [2.24, 2.45) is 0 Å². The van der Waals surface area contributed by atoms with Crippen LogP contribution in [0, 0.1) is 0 Å². The van der Waals surface area contributed by atoms with Gasteiger partial charge in [0.25, 0.3) is 7.82 Å². The minimum atomic E-state index is -4.55. The second kappa shape index (κ2) is 42.4. The molecule has 59 heavy (non-hydrogen) atoms. The summed E-state index contributed by atoms with van der Waals surface area (Å²) in [5, 5.41) is 0. The van der Waals surface area contributed by atoms with Crippen LogP contribution in [0.25, 0.3) is 0 Å². The summed E-state index contributed by atoms with van der Waals surface area (Å²) < 4.78 is 34.5. The van der Waals surface area contributed by atoms with Gasteiger partial charge in [-0.1, -0.05) is 170 Å². The molecule has 2 unspecified atom stereocenters. The Morgan fingerprint density at radius 3 is 1.47 bits per heavy atom. The molecule has 9 heteroatoms. The third-order valence-corrected chi connectivity index (χ3v) is 10.4. The number of esters is 1. The molecule has 0 amide bonds. The van der Waals surface area contributed by atoms with E-state index in [9.17, 15) is 14.3 Å². The lowest BCUT2D eigenvalue weighted by atomic mass is 10.1. The van der Waals surface area contributed by atoms with Crippen molar-refractivity contribution in [3.05, 3.63) is 85.1 Å². The van der Waals surface area contributed by atoms with Gasteiger partial charge in [-0.2, -0.15) is 0 Å². The highest BCUT2D eigenvalue weighted by molar-refractivity contribution is 7.45. The van der Waals surface area contributed by atoms with Crippen LogP contribution in [0.4, 0.5) is 0 Å². The number of phosphoric acid groups is 1. The molecular formula is C50H88NO7P. The fraction of sp³-hybridized carbons (Fsp3) is 0.700. The molecule has 0 aliphatic carbocycles. The zero-order valence-electron chi connectivity index (χ0n) is 38.4. The van der Waals surface area contributed by atoms with E-state index in [0.717, 1.165) is 57.8 Å². The summed E-state index contributed by atoms with van der Waals surface area (Å²) in [7, 11) is 1.30. The Labute approximate surface area is 363 Å². The standard InChI is InChI=1S/C50H88NO7P/c1-6-8-10-12-14-16-18-20-21-22-23-24-25-26-27-28-29-30-32-34-36-38-40-42-45-55-47-49(48-57-59(53,54)56-46-44-51(3,4)5)58-50(52)43-41-39-37-35-33-31-19-17-15-13-11-9-7-2/h9,11,15,17-18,20,22-23,25-26,31,33,37,39,49H,6-8,10,12-14,16,19,21,24,27-30,32,34-36,38,40-48H2,1-5H3/b11-9-,17-15-,20-18-,23-22-,26-25-,33-31-,39-37-. The Balaban J connectivity index is 4.23. The smallest absolute Gasteiger partial charge is 0.306 e. The normalized spacial score (nSPS) is 14.5. The zero-order chi connectivity index (χ0) is 43.4. The first kappa shape index (κ1) is 56.7. The van der Waals surface area contributed by atoms with Gasteiger partial charge in [-0.05, 0) is 77.0 Å². The highest BCUT2D eigenvalue weighted by Gasteiger charge is 2.20. The number of carbonyl (C=O) groups excluding carboxylic acids is 1. The van der Waals surface area contributed by atoms with E-state index in [2.05, 4.69) is 86.8 Å². The van der Waals surface area contributed by atoms with Crippen molar-refractivity contribution in [1.29, 1.82) is 0 Å². The molecule has 0 aromatic heterocycles. The Bertz CT molecular complexity index is 1210. The number of hydrogen-bond donors (Lipinski definition) is 0. The van der Waals surface area contributed by atoms with Crippen LogP contribution in [-0.2, 0) is 27.9 Å². The molecule has 0 saturated heterocycles. The first-order chi connectivity index (χ1) is 28.6. The lowest BCUT2D eigenvalue weighted by molar-refractivity contribution is -0.870. The lowest BCUT2D eigenvalue weighted by Crippen LogP contribution is -2.37. The van der Waals surface area contributed by atoms with Crippen LogP contribution < -0.4 is 4.89 Å². The van der Waals surface area contributed by atoms with Crippen LogP contribution in [0.15, 0.2) is 85.1 Å². The average molecular weight is 846 g/mol. The first-order valence-corrected chi connectivity index (χ1v) is 24.8. The van der Waals surface area contributed by atoms with Crippen molar-refractivity contribution >= 4 is 13.8 Å². The molecule has 0 saturated carbocycles. The van der Waals surface area contributed by atoms with Crippen LogP contribution >= 0.6 is 7.82 Å². The minimum Gasteiger partial charge on any atom is -0.756 e. The van der Waals surface area contributed by atoms with Gasteiger partial charge in [0, 0.05) is 13.0 Å². The van der Waals surface area contributed by atoms with Gasteiger partial charge in [-0.3, -0.25) is 9.36 Å². The predicted molar refractivity (Wildman–Crippen MR) is 249 cm³/mol. The molecule has 2 atom stereocenters. The molecular weight excluding hydrogens is 758 g/mol. The van der Waals surface area contributed by atoms with Gasteiger partial charge in [0.15, 0.2) is 0 Å². The molecule has 0 aliphatic heterocycles. The summed E-state index contributed by atoms with van der Waals surface area (Å²) in [6.45, 7) is 5.15. The molecule has 0 fully saturated rings. The number of allylic oxidation sites excluding steroid dienone is 14. The summed E-state index contributed by atoms with van der Waals surface area (Å²) in [5.41, 5.74) is 0. The van der Waals surface area contributed by atoms with Gasteiger partial charge in [0.05, 0.1) is 34.4 Å². The van der Waals surface area contributed by atoms with Crippen LogP contribution in [-0.4, -0.2) is 70.7 Å². The number of phosphoric ester groups is 1. The fourth-order valence-corrected chi connectivity index (χ4v) is 6.59. The van der Waals surface area contributed by atoms with Crippen molar-refractivity contribution in [3.63, 3.8) is 0 Å². The quantitative estimate of drug-likeness (QED) is 0.0199. The summed E-state index contributed by atoms with van der Waals surface area (Å²) in [6, 6.07) is 0. The highest BCUT2D eigenvalue weighted by atomic mass is 31.2. The predicted octanol–water partition coefficient (Wildman–Crippen LogP) is 13.4. The van der Waals surface area contributed by atoms with E-state index in [-0.39, 0.29) is 26.2 Å². The topological polar surface area (TPSA) is 94.1 Å². The summed E-state index contributed by atoms with van der Waals surface area (Å²) in [6.07, 6.45) is 56.3. The second-order valence-electron chi connectivity index (χ2n) is 16.4. The average Bonchev–Trinajstić information content (AvgIpc) is 3.19. The number of quaternary nitrogens is 1. The third kappa shape index (κ3) is 46.6. The van der Waals surface area contributed by atoms with Gasteiger partial charge in [0.1, 0.15) is 19.3 Å². The van der Waals surface area contributed by atoms with Crippen molar-refractivity contribution in [2.45, 2.75) is 174 Å². The number of carbonyl (C=O) groups is 1.